The zero-order valence-corrected chi connectivity index (χ0v) is 7.71. The van der Waals surface area contributed by atoms with Crippen molar-refractivity contribution in [3.05, 3.63) is 23.7 Å². The van der Waals surface area contributed by atoms with Gasteiger partial charge in [-0.25, -0.2) is 0 Å². The summed E-state index contributed by atoms with van der Waals surface area (Å²) in [6.07, 6.45) is 0. The molecule has 0 rings (SSSR count). The van der Waals surface area contributed by atoms with Crippen molar-refractivity contribution >= 4 is 0 Å². The lowest BCUT2D eigenvalue weighted by atomic mass is 10.3. The van der Waals surface area contributed by atoms with Gasteiger partial charge < -0.3 is 16.0 Å². The number of hydrogen-bond acceptors (Lipinski definition) is 3. The first-order valence-corrected chi connectivity index (χ1v) is 3.60. The molecular weight excluding hydrogens is 138 g/mol. The maximum atomic E-state index is 3.84. The van der Waals surface area contributed by atoms with E-state index in [1.807, 2.05) is 28.1 Å². The van der Waals surface area contributed by atoms with E-state index < -0.39 is 0 Å². The summed E-state index contributed by atoms with van der Waals surface area (Å²) in [7, 11) is 5.61. The van der Waals surface area contributed by atoms with E-state index in [4.69, 9.17) is 0 Å². The molecule has 0 bridgehead atoms. The van der Waals surface area contributed by atoms with Gasteiger partial charge in [0, 0.05) is 26.8 Å². The van der Waals surface area contributed by atoms with Crippen molar-refractivity contribution in [3.63, 3.8) is 0 Å². The van der Waals surface area contributed by atoms with Crippen LogP contribution >= 0.6 is 0 Å². The average molecular weight is 155 g/mol. The third-order valence-corrected chi connectivity index (χ3v) is 1.60. The smallest absolute Gasteiger partial charge is 0.0756 e. The molecule has 0 aliphatic rings. The predicted octanol–water partition coefficient (Wildman–Crippen LogP) is 0.390. The van der Waals surface area contributed by atoms with Crippen LogP contribution in [-0.2, 0) is 0 Å². The zero-order chi connectivity index (χ0) is 8.85. The topological polar surface area (TPSA) is 36.1 Å². The summed E-state index contributed by atoms with van der Waals surface area (Å²) in [6, 6.07) is 0. The van der Waals surface area contributed by atoms with Crippen molar-refractivity contribution in [2.75, 3.05) is 21.1 Å². The Hall–Kier alpha value is -1.12. The predicted molar refractivity (Wildman–Crippen MR) is 49.0 cm³/mol. The van der Waals surface area contributed by atoms with Crippen LogP contribution in [0.3, 0.4) is 0 Å². The highest BCUT2D eigenvalue weighted by Gasteiger charge is 2.00. The molecule has 0 aliphatic carbocycles. The second-order valence-corrected chi connectivity index (χ2v) is 2.23. The Labute approximate surface area is 68.6 Å². The maximum absolute atomic E-state index is 3.84. The van der Waals surface area contributed by atoms with Crippen LogP contribution in [0.25, 0.3) is 0 Å². The monoisotopic (exact) mass is 155 g/mol. The lowest BCUT2D eigenvalue weighted by Crippen LogP contribution is -2.21. The van der Waals surface area contributed by atoms with E-state index in [1.54, 1.807) is 0 Å². The van der Waals surface area contributed by atoms with E-state index in [-0.39, 0.29) is 0 Å². The van der Waals surface area contributed by atoms with Crippen LogP contribution in [0.5, 0.6) is 0 Å². The van der Waals surface area contributed by atoms with Crippen molar-refractivity contribution < 1.29 is 0 Å². The Morgan fingerprint density at radius 1 is 1.00 bits per heavy atom. The molecule has 0 atom stereocenters. The van der Waals surface area contributed by atoms with E-state index >= 15 is 0 Å². The molecule has 3 heteroatoms. The molecule has 0 unspecified atom stereocenters. The normalized spacial score (nSPS) is 11.6. The Kier molecular flexibility index (Phi) is 4.18. The molecule has 0 heterocycles. The minimum atomic E-state index is 0.888. The molecule has 0 aliphatic heterocycles. The van der Waals surface area contributed by atoms with Gasteiger partial charge in [-0.15, -0.1) is 0 Å². The summed E-state index contributed by atoms with van der Waals surface area (Å²) in [4.78, 5) is 0. The Morgan fingerprint density at radius 2 is 1.55 bits per heavy atom. The molecule has 3 nitrogen and oxygen atoms in total. The first-order chi connectivity index (χ1) is 5.17. The molecular formula is C8H17N3. The molecule has 0 aromatic rings. The third-order valence-electron chi connectivity index (χ3n) is 1.60. The van der Waals surface area contributed by atoms with Crippen molar-refractivity contribution in [3.8, 4) is 0 Å². The highest BCUT2D eigenvalue weighted by Crippen LogP contribution is 2.02. The van der Waals surface area contributed by atoms with Gasteiger partial charge in [-0.3, -0.25) is 0 Å². The maximum Gasteiger partial charge on any atom is 0.0756 e. The lowest BCUT2D eigenvalue weighted by Gasteiger charge is -2.13. The molecule has 0 fully saturated rings. The fourth-order valence-corrected chi connectivity index (χ4v) is 0.815. The van der Waals surface area contributed by atoms with Crippen molar-refractivity contribution in [2.45, 2.75) is 6.92 Å². The fraction of sp³-hybridized carbons (Fsp3) is 0.500. The molecule has 0 saturated heterocycles. The van der Waals surface area contributed by atoms with Crippen LogP contribution < -0.4 is 16.0 Å². The number of hydrogen-bond donors (Lipinski definition) is 3. The van der Waals surface area contributed by atoms with Crippen molar-refractivity contribution in [1.29, 1.82) is 0 Å². The fourth-order valence-electron chi connectivity index (χ4n) is 0.815. The van der Waals surface area contributed by atoms with Crippen LogP contribution in [0, 0.1) is 0 Å². The van der Waals surface area contributed by atoms with Gasteiger partial charge in [0.25, 0.3) is 0 Å². The minimum Gasteiger partial charge on any atom is -0.390 e. The summed E-state index contributed by atoms with van der Waals surface area (Å²) >= 11 is 0. The van der Waals surface area contributed by atoms with E-state index in [0.717, 1.165) is 17.1 Å². The second kappa shape index (κ2) is 4.66. The van der Waals surface area contributed by atoms with Crippen molar-refractivity contribution in [2.24, 2.45) is 0 Å². The Morgan fingerprint density at radius 3 is 1.82 bits per heavy atom. The van der Waals surface area contributed by atoms with Crippen molar-refractivity contribution in [1.82, 2.24) is 16.0 Å². The largest absolute Gasteiger partial charge is 0.390 e. The SMILES string of the molecule is C=C(NC)C(NC)=C(C)NC. The van der Waals surface area contributed by atoms with Gasteiger partial charge in [-0.2, -0.15) is 0 Å². The quantitative estimate of drug-likeness (QED) is 0.514. The first-order valence-electron chi connectivity index (χ1n) is 3.60. The van der Waals surface area contributed by atoms with Gasteiger partial charge in [0.05, 0.1) is 11.4 Å². The van der Waals surface area contributed by atoms with Crippen LogP contribution in [-0.4, -0.2) is 21.1 Å². The van der Waals surface area contributed by atoms with E-state index in [9.17, 15) is 0 Å². The molecule has 0 aromatic carbocycles. The highest BCUT2D eigenvalue weighted by molar-refractivity contribution is 5.28. The van der Waals surface area contributed by atoms with Gasteiger partial charge >= 0.3 is 0 Å². The molecule has 64 valence electrons. The molecule has 0 spiro atoms. The number of nitrogens with one attached hydrogen (secondary N) is 3. The van der Waals surface area contributed by atoms with E-state index in [1.165, 1.54) is 0 Å². The number of allylic oxidation sites excluding steroid dienone is 1. The highest BCUT2D eigenvalue weighted by atomic mass is 15.0. The van der Waals surface area contributed by atoms with Crippen LogP contribution in [0.2, 0.25) is 0 Å². The minimum absolute atomic E-state index is 0.888. The Balaban J connectivity index is 4.50. The summed E-state index contributed by atoms with van der Waals surface area (Å²) in [5.74, 6) is 0. The van der Waals surface area contributed by atoms with Gasteiger partial charge in [-0.05, 0) is 6.92 Å². The van der Waals surface area contributed by atoms with Crippen LogP contribution in [0.4, 0.5) is 0 Å². The van der Waals surface area contributed by atoms with Gasteiger partial charge in [0.2, 0.25) is 0 Å². The Bertz CT molecular complexity index is 170. The zero-order valence-electron chi connectivity index (χ0n) is 7.71. The van der Waals surface area contributed by atoms with Crippen LogP contribution in [0.1, 0.15) is 6.92 Å². The van der Waals surface area contributed by atoms with Gasteiger partial charge in [0.15, 0.2) is 0 Å². The molecule has 11 heavy (non-hydrogen) atoms. The summed E-state index contributed by atoms with van der Waals surface area (Å²) in [5, 5.41) is 9.08. The third kappa shape index (κ3) is 2.53. The summed E-state index contributed by atoms with van der Waals surface area (Å²) < 4.78 is 0. The lowest BCUT2D eigenvalue weighted by molar-refractivity contribution is 0.847. The molecule has 3 N–H and O–H groups in total. The summed E-state index contributed by atoms with van der Waals surface area (Å²) in [6.45, 7) is 5.84. The number of likely N-dealkylation sites (N-methyl/N-ethyl adjacent to an activating group) is 2. The van der Waals surface area contributed by atoms with E-state index in [0.29, 0.717) is 0 Å². The molecule has 0 saturated carbocycles. The average Bonchev–Trinajstić information content (AvgIpc) is 2.05. The molecule has 0 aromatic heterocycles. The van der Waals surface area contributed by atoms with Gasteiger partial charge in [0.1, 0.15) is 0 Å². The van der Waals surface area contributed by atoms with Crippen LogP contribution in [0.15, 0.2) is 23.7 Å². The van der Waals surface area contributed by atoms with Gasteiger partial charge in [-0.1, -0.05) is 6.58 Å². The molecule has 0 amide bonds. The molecule has 0 radical (unpaired) electrons. The first kappa shape index (κ1) is 9.88. The van der Waals surface area contributed by atoms with E-state index in [2.05, 4.69) is 22.5 Å². The summed E-state index contributed by atoms with van der Waals surface area (Å²) in [5.41, 5.74) is 2.97. The second-order valence-electron chi connectivity index (χ2n) is 2.23. The number of rotatable bonds is 4. The standard InChI is InChI=1S/C8H17N3/c1-6(9-3)8(11-5)7(2)10-4/h9-11H,1H2,2-5H3.